The molecule has 78 valence electrons. The van der Waals surface area contributed by atoms with Gasteiger partial charge in [0.15, 0.2) is 0 Å². The fourth-order valence-electron chi connectivity index (χ4n) is 2.11. The van der Waals surface area contributed by atoms with Crippen molar-refractivity contribution in [3.8, 4) is 0 Å². The van der Waals surface area contributed by atoms with E-state index in [9.17, 15) is 0 Å². The lowest BCUT2D eigenvalue weighted by molar-refractivity contribution is 0.0277. The van der Waals surface area contributed by atoms with Crippen molar-refractivity contribution in [2.75, 3.05) is 39.8 Å². The van der Waals surface area contributed by atoms with E-state index in [0.717, 1.165) is 32.6 Å². The van der Waals surface area contributed by atoms with Crippen LogP contribution in [0.15, 0.2) is 0 Å². The standard InChI is InChI=1S/C10H22N2O/c1-10(2)9-11(3)6-7-12(10)5-4-8-13/h13H,4-9H2,1-3H3. The third-order valence-corrected chi connectivity index (χ3v) is 2.85. The Balaban J connectivity index is 2.44. The van der Waals surface area contributed by atoms with E-state index in [1.165, 1.54) is 0 Å². The van der Waals surface area contributed by atoms with Gasteiger partial charge in [-0.3, -0.25) is 4.90 Å². The molecule has 1 N–H and O–H groups in total. The second-order valence-electron chi connectivity index (χ2n) is 4.61. The van der Waals surface area contributed by atoms with Crippen molar-refractivity contribution >= 4 is 0 Å². The summed E-state index contributed by atoms with van der Waals surface area (Å²) >= 11 is 0. The predicted molar refractivity (Wildman–Crippen MR) is 54.9 cm³/mol. The van der Waals surface area contributed by atoms with Crippen molar-refractivity contribution in [1.29, 1.82) is 0 Å². The zero-order valence-electron chi connectivity index (χ0n) is 9.08. The summed E-state index contributed by atoms with van der Waals surface area (Å²) in [6.07, 6.45) is 0.896. The molecule has 0 amide bonds. The normalized spacial score (nSPS) is 24.9. The van der Waals surface area contributed by atoms with Gasteiger partial charge in [0.2, 0.25) is 0 Å². The highest BCUT2D eigenvalue weighted by Crippen LogP contribution is 2.19. The molecule has 0 radical (unpaired) electrons. The molecule has 0 aliphatic carbocycles. The fourth-order valence-corrected chi connectivity index (χ4v) is 2.11. The molecular weight excluding hydrogens is 164 g/mol. The molecule has 0 atom stereocenters. The van der Waals surface area contributed by atoms with Gasteiger partial charge in [-0.05, 0) is 27.3 Å². The van der Waals surface area contributed by atoms with Gasteiger partial charge in [-0.25, -0.2) is 0 Å². The van der Waals surface area contributed by atoms with Gasteiger partial charge in [0.05, 0.1) is 0 Å². The lowest BCUT2D eigenvalue weighted by atomic mass is 9.99. The Morgan fingerprint density at radius 3 is 2.54 bits per heavy atom. The van der Waals surface area contributed by atoms with Crippen LogP contribution < -0.4 is 0 Å². The van der Waals surface area contributed by atoms with Crippen LogP contribution in [0.4, 0.5) is 0 Å². The van der Waals surface area contributed by atoms with Crippen molar-refractivity contribution in [3.63, 3.8) is 0 Å². The van der Waals surface area contributed by atoms with Crippen molar-refractivity contribution in [1.82, 2.24) is 9.80 Å². The molecule has 1 heterocycles. The highest BCUT2D eigenvalue weighted by atomic mass is 16.3. The second-order valence-corrected chi connectivity index (χ2v) is 4.61. The van der Waals surface area contributed by atoms with E-state index in [0.29, 0.717) is 6.61 Å². The van der Waals surface area contributed by atoms with Gasteiger partial charge in [0, 0.05) is 38.3 Å². The molecule has 0 aromatic rings. The summed E-state index contributed by atoms with van der Waals surface area (Å²) in [5.41, 5.74) is 0.266. The second kappa shape index (κ2) is 4.40. The summed E-state index contributed by atoms with van der Waals surface area (Å²) in [6.45, 7) is 9.29. The Labute approximate surface area is 81.3 Å². The number of nitrogens with zero attached hydrogens (tertiary/aromatic N) is 2. The predicted octanol–water partition coefficient (Wildman–Crippen LogP) is 0.395. The first kappa shape index (κ1) is 11.0. The molecule has 0 saturated carbocycles. The minimum absolute atomic E-state index is 0.266. The molecule has 1 aliphatic rings. The SMILES string of the molecule is CN1CCN(CCCO)C(C)(C)C1. The topological polar surface area (TPSA) is 26.7 Å². The average molecular weight is 186 g/mol. The van der Waals surface area contributed by atoms with Crippen LogP contribution in [0, 0.1) is 0 Å². The van der Waals surface area contributed by atoms with E-state index in [1.54, 1.807) is 0 Å². The van der Waals surface area contributed by atoms with Crippen LogP contribution in [0.2, 0.25) is 0 Å². The van der Waals surface area contributed by atoms with Gasteiger partial charge in [0.25, 0.3) is 0 Å². The highest BCUT2D eigenvalue weighted by Gasteiger charge is 2.31. The minimum atomic E-state index is 0.266. The summed E-state index contributed by atoms with van der Waals surface area (Å²) in [4.78, 5) is 4.85. The smallest absolute Gasteiger partial charge is 0.0443 e. The molecule has 13 heavy (non-hydrogen) atoms. The van der Waals surface area contributed by atoms with Crippen molar-refractivity contribution in [2.24, 2.45) is 0 Å². The number of aliphatic hydroxyl groups excluding tert-OH is 1. The highest BCUT2D eigenvalue weighted by molar-refractivity contribution is 4.88. The van der Waals surface area contributed by atoms with Gasteiger partial charge >= 0.3 is 0 Å². The quantitative estimate of drug-likeness (QED) is 0.691. The summed E-state index contributed by atoms with van der Waals surface area (Å²) < 4.78 is 0. The van der Waals surface area contributed by atoms with Crippen LogP contribution >= 0.6 is 0 Å². The largest absolute Gasteiger partial charge is 0.396 e. The number of rotatable bonds is 3. The third-order valence-electron chi connectivity index (χ3n) is 2.85. The van der Waals surface area contributed by atoms with E-state index < -0.39 is 0 Å². The van der Waals surface area contributed by atoms with E-state index in [1.807, 2.05) is 0 Å². The first-order valence-electron chi connectivity index (χ1n) is 5.11. The molecule has 0 spiro atoms. The number of piperazine rings is 1. The average Bonchev–Trinajstić information content (AvgIpc) is 2.01. The number of aliphatic hydroxyl groups is 1. The zero-order chi connectivity index (χ0) is 9.90. The molecule has 1 aliphatic heterocycles. The van der Waals surface area contributed by atoms with Crippen LogP contribution in [0.25, 0.3) is 0 Å². The summed E-state index contributed by atoms with van der Waals surface area (Å²) in [6, 6.07) is 0. The summed E-state index contributed by atoms with van der Waals surface area (Å²) in [5.74, 6) is 0. The molecule has 0 aromatic heterocycles. The van der Waals surface area contributed by atoms with E-state index in [-0.39, 0.29) is 5.54 Å². The summed E-state index contributed by atoms with van der Waals surface area (Å²) in [7, 11) is 2.17. The van der Waals surface area contributed by atoms with E-state index in [4.69, 9.17) is 5.11 Å². The molecule has 1 saturated heterocycles. The van der Waals surface area contributed by atoms with Crippen LogP contribution in [0.5, 0.6) is 0 Å². The van der Waals surface area contributed by atoms with Crippen molar-refractivity contribution in [2.45, 2.75) is 25.8 Å². The molecule has 1 rings (SSSR count). The summed E-state index contributed by atoms with van der Waals surface area (Å²) in [5, 5.41) is 8.78. The van der Waals surface area contributed by atoms with Gasteiger partial charge in [-0.15, -0.1) is 0 Å². The minimum Gasteiger partial charge on any atom is -0.396 e. The third kappa shape index (κ3) is 2.93. The Hall–Kier alpha value is -0.120. The maximum Gasteiger partial charge on any atom is 0.0443 e. The first-order chi connectivity index (χ1) is 6.06. The molecule has 3 nitrogen and oxygen atoms in total. The van der Waals surface area contributed by atoms with Crippen LogP contribution in [-0.4, -0.2) is 60.3 Å². The van der Waals surface area contributed by atoms with Gasteiger partial charge < -0.3 is 10.0 Å². The van der Waals surface area contributed by atoms with Gasteiger partial charge in [-0.1, -0.05) is 0 Å². The number of likely N-dealkylation sites (N-methyl/N-ethyl adjacent to an activating group) is 1. The number of hydrogen-bond acceptors (Lipinski definition) is 3. The molecule has 3 heteroatoms. The Morgan fingerprint density at radius 1 is 1.31 bits per heavy atom. The van der Waals surface area contributed by atoms with Crippen LogP contribution in [-0.2, 0) is 0 Å². The molecule has 1 fully saturated rings. The number of hydrogen-bond donors (Lipinski definition) is 1. The Bertz CT molecular complexity index is 157. The van der Waals surface area contributed by atoms with Crippen LogP contribution in [0.1, 0.15) is 20.3 Å². The van der Waals surface area contributed by atoms with E-state index in [2.05, 4.69) is 30.7 Å². The monoisotopic (exact) mass is 186 g/mol. The van der Waals surface area contributed by atoms with E-state index >= 15 is 0 Å². The molecule has 0 bridgehead atoms. The Morgan fingerprint density at radius 2 is 2.00 bits per heavy atom. The maximum absolute atomic E-state index is 8.78. The lowest BCUT2D eigenvalue weighted by Gasteiger charge is -2.46. The lowest BCUT2D eigenvalue weighted by Crippen LogP contribution is -2.58. The Kier molecular flexibility index (Phi) is 3.71. The molecule has 0 aromatic carbocycles. The molecular formula is C10H22N2O. The van der Waals surface area contributed by atoms with Crippen molar-refractivity contribution in [3.05, 3.63) is 0 Å². The fraction of sp³-hybridized carbons (Fsp3) is 1.00. The molecule has 0 unspecified atom stereocenters. The maximum atomic E-state index is 8.78. The zero-order valence-corrected chi connectivity index (χ0v) is 9.08. The van der Waals surface area contributed by atoms with Crippen molar-refractivity contribution < 1.29 is 5.11 Å². The van der Waals surface area contributed by atoms with Gasteiger partial charge in [0.1, 0.15) is 0 Å². The van der Waals surface area contributed by atoms with Gasteiger partial charge in [-0.2, -0.15) is 0 Å². The first-order valence-corrected chi connectivity index (χ1v) is 5.11. The van der Waals surface area contributed by atoms with Crippen LogP contribution in [0.3, 0.4) is 0 Å².